The summed E-state index contributed by atoms with van der Waals surface area (Å²) in [4.78, 5) is 8.64. The molecule has 0 heterocycles. The fourth-order valence-corrected chi connectivity index (χ4v) is 2.41. The van der Waals surface area contributed by atoms with Crippen molar-refractivity contribution in [3.8, 4) is 0 Å². The van der Waals surface area contributed by atoms with Crippen molar-refractivity contribution >= 4 is 29.8 Å². The molecule has 0 spiro atoms. The van der Waals surface area contributed by atoms with Gasteiger partial charge in [-0.3, -0.25) is 4.99 Å². The van der Waals surface area contributed by atoms with Crippen LogP contribution < -0.4 is 10.6 Å². The summed E-state index contributed by atoms with van der Waals surface area (Å²) in [6.07, 6.45) is 0. The Hall–Kier alpha value is -1.41. The van der Waals surface area contributed by atoms with Crippen LogP contribution in [0, 0.1) is 0 Å². The van der Waals surface area contributed by atoms with E-state index in [1.807, 2.05) is 45.0 Å². The molecule has 0 saturated heterocycles. The second kappa shape index (κ2) is 6.67. The largest absolute Gasteiger partial charge is 0.324 e. The third-order valence-electron chi connectivity index (χ3n) is 2.36. The monoisotopic (exact) mass is 279 g/mol. The molecule has 1 rings (SSSR count). The molecule has 0 unspecified atom stereocenters. The summed E-state index contributed by atoms with van der Waals surface area (Å²) in [5.74, 6) is 0.585. The number of hydrogen-bond donors (Lipinski definition) is 1. The molecule has 0 amide bonds. The minimum Gasteiger partial charge on any atom is -0.324 e. The summed E-state index contributed by atoms with van der Waals surface area (Å²) < 4.78 is 12.1. The van der Waals surface area contributed by atoms with E-state index in [0.29, 0.717) is 12.5 Å². The minimum absolute atomic E-state index is 0.585. The minimum atomic E-state index is -2.25. The van der Waals surface area contributed by atoms with Crippen LogP contribution in [0.2, 0.25) is 0 Å². The quantitative estimate of drug-likeness (QED) is 0.525. The van der Waals surface area contributed by atoms with Crippen LogP contribution in [0.1, 0.15) is 20.8 Å². The van der Waals surface area contributed by atoms with Crippen molar-refractivity contribution in [1.29, 1.82) is 0 Å². The first-order valence-corrected chi connectivity index (χ1v) is 8.92. The molecule has 0 aliphatic carbocycles. The average molecular weight is 279 g/mol. The lowest BCUT2D eigenvalue weighted by Gasteiger charge is -2.11. The van der Waals surface area contributed by atoms with Crippen LogP contribution in [-0.4, -0.2) is 31.5 Å². The Bertz CT molecular complexity index is 539. The van der Waals surface area contributed by atoms with E-state index in [0.717, 1.165) is 16.7 Å². The number of guanidine groups is 1. The summed E-state index contributed by atoms with van der Waals surface area (Å²) >= 11 is 0. The lowest BCUT2D eigenvalue weighted by Crippen LogP contribution is -2.13. The molecule has 1 aromatic rings. The van der Waals surface area contributed by atoms with Crippen molar-refractivity contribution in [2.24, 2.45) is 9.98 Å². The zero-order valence-corrected chi connectivity index (χ0v) is 13.2. The van der Waals surface area contributed by atoms with Gasteiger partial charge in [0.2, 0.25) is 5.96 Å². The molecule has 0 radical (unpaired) electrons. The Morgan fingerprint density at radius 3 is 2.53 bits per heavy atom. The van der Waals surface area contributed by atoms with Crippen LogP contribution in [0.3, 0.4) is 0 Å². The molecule has 0 atom stereocenters. The fourth-order valence-electron chi connectivity index (χ4n) is 1.51. The third kappa shape index (κ3) is 5.39. The maximum Gasteiger partial charge on any atom is 0.222 e. The summed E-state index contributed by atoms with van der Waals surface area (Å²) in [5, 5.41) is 4.02. The Balaban J connectivity index is 3.02. The van der Waals surface area contributed by atoms with Crippen molar-refractivity contribution < 1.29 is 4.57 Å². The van der Waals surface area contributed by atoms with Gasteiger partial charge in [0.15, 0.2) is 0 Å². The highest BCUT2D eigenvalue weighted by molar-refractivity contribution is 7.70. The standard InChI is InChI=1S/C14H22N3OP/c1-6-15-14(16-11(2)3)17-12-8-7-9-13(10-12)19(4,5)18/h7-10H,6H2,1-5H3,(H,15,17). The zero-order valence-electron chi connectivity index (χ0n) is 12.3. The van der Waals surface area contributed by atoms with Crippen LogP contribution >= 0.6 is 7.14 Å². The average Bonchev–Trinajstić information content (AvgIpc) is 2.27. The topological polar surface area (TPSA) is 53.8 Å². The molecule has 0 bridgehead atoms. The van der Waals surface area contributed by atoms with Crippen LogP contribution in [0.5, 0.6) is 0 Å². The first kappa shape index (κ1) is 15.6. The lowest BCUT2D eigenvalue weighted by atomic mass is 10.3. The maximum atomic E-state index is 12.1. The Kier molecular flexibility index (Phi) is 5.49. The predicted octanol–water partition coefficient (Wildman–Crippen LogP) is 3.20. The molecule has 0 aliphatic rings. The highest BCUT2D eigenvalue weighted by Gasteiger charge is 2.11. The first-order valence-electron chi connectivity index (χ1n) is 6.32. The second-order valence-electron chi connectivity index (χ2n) is 4.88. The van der Waals surface area contributed by atoms with Gasteiger partial charge in [0.1, 0.15) is 7.14 Å². The normalized spacial score (nSPS) is 12.2. The number of benzene rings is 1. The molecule has 19 heavy (non-hydrogen) atoms. The Morgan fingerprint density at radius 2 is 2.00 bits per heavy atom. The van der Waals surface area contributed by atoms with Gasteiger partial charge in [-0.15, -0.1) is 0 Å². The Morgan fingerprint density at radius 1 is 1.32 bits per heavy atom. The molecule has 5 heteroatoms. The van der Waals surface area contributed by atoms with Crippen molar-refractivity contribution in [1.82, 2.24) is 0 Å². The number of hydrogen-bond acceptors (Lipinski definition) is 2. The maximum absolute atomic E-state index is 12.1. The van der Waals surface area contributed by atoms with E-state index >= 15 is 0 Å². The number of aliphatic imine (C=N–C) groups is 2. The highest BCUT2D eigenvalue weighted by Crippen LogP contribution is 2.35. The number of nitrogens with zero attached hydrogens (tertiary/aromatic N) is 2. The van der Waals surface area contributed by atoms with E-state index in [2.05, 4.69) is 15.3 Å². The highest BCUT2D eigenvalue weighted by atomic mass is 31.2. The summed E-state index contributed by atoms with van der Waals surface area (Å²) in [5.41, 5.74) is 1.80. The van der Waals surface area contributed by atoms with Crippen LogP contribution in [0.25, 0.3) is 0 Å². The molecule has 4 nitrogen and oxygen atoms in total. The van der Waals surface area contributed by atoms with Crippen molar-refractivity contribution in [3.63, 3.8) is 0 Å². The van der Waals surface area contributed by atoms with Crippen molar-refractivity contribution in [2.75, 3.05) is 25.2 Å². The van der Waals surface area contributed by atoms with E-state index in [9.17, 15) is 4.57 Å². The van der Waals surface area contributed by atoms with E-state index in [4.69, 9.17) is 0 Å². The van der Waals surface area contributed by atoms with Crippen molar-refractivity contribution in [2.45, 2.75) is 20.8 Å². The third-order valence-corrected chi connectivity index (χ3v) is 3.88. The van der Waals surface area contributed by atoms with Crippen LogP contribution in [-0.2, 0) is 4.57 Å². The zero-order chi connectivity index (χ0) is 14.5. The summed E-state index contributed by atoms with van der Waals surface area (Å²) in [7, 11) is -2.25. The first-order chi connectivity index (χ1) is 8.82. The molecule has 104 valence electrons. The SMILES string of the molecule is CCN=C(N=C(C)C)Nc1cccc(P(C)(C)=O)c1. The van der Waals surface area contributed by atoms with Gasteiger partial charge in [0.25, 0.3) is 0 Å². The van der Waals surface area contributed by atoms with Gasteiger partial charge in [-0.1, -0.05) is 12.1 Å². The number of nitrogens with one attached hydrogen (secondary N) is 1. The fraction of sp³-hybridized carbons (Fsp3) is 0.429. The van der Waals surface area contributed by atoms with E-state index in [1.54, 1.807) is 13.3 Å². The van der Waals surface area contributed by atoms with E-state index < -0.39 is 7.14 Å². The summed E-state index contributed by atoms with van der Waals surface area (Å²) in [6, 6.07) is 7.59. The van der Waals surface area contributed by atoms with Crippen LogP contribution in [0.4, 0.5) is 5.69 Å². The second-order valence-corrected chi connectivity index (χ2v) is 8.10. The van der Waals surface area contributed by atoms with E-state index in [-0.39, 0.29) is 0 Å². The van der Waals surface area contributed by atoms with E-state index in [1.165, 1.54) is 0 Å². The Labute approximate surface area is 115 Å². The molecular formula is C14H22N3OP. The van der Waals surface area contributed by atoms with Gasteiger partial charge in [0, 0.05) is 23.2 Å². The van der Waals surface area contributed by atoms with Gasteiger partial charge in [-0.25, -0.2) is 4.99 Å². The molecular weight excluding hydrogens is 257 g/mol. The lowest BCUT2D eigenvalue weighted by molar-refractivity contribution is 0.588. The smallest absolute Gasteiger partial charge is 0.222 e. The van der Waals surface area contributed by atoms with Gasteiger partial charge in [0.05, 0.1) is 0 Å². The van der Waals surface area contributed by atoms with Crippen LogP contribution in [0.15, 0.2) is 34.3 Å². The molecule has 1 aromatic carbocycles. The van der Waals surface area contributed by atoms with Crippen molar-refractivity contribution in [3.05, 3.63) is 24.3 Å². The molecule has 0 aromatic heterocycles. The van der Waals surface area contributed by atoms with Gasteiger partial charge >= 0.3 is 0 Å². The van der Waals surface area contributed by atoms with Gasteiger partial charge in [-0.2, -0.15) is 0 Å². The molecule has 0 saturated carbocycles. The molecule has 1 N–H and O–H groups in total. The van der Waals surface area contributed by atoms with Gasteiger partial charge in [-0.05, 0) is 46.2 Å². The summed E-state index contributed by atoms with van der Waals surface area (Å²) in [6.45, 7) is 10.0. The molecule has 0 fully saturated rings. The predicted molar refractivity (Wildman–Crippen MR) is 85.9 cm³/mol. The number of rotatable bonds is 3. The molecule has 0 aliphatic heterocycles. The number of anilines is 1. The van der Waals surface area contributed by atoms with Gasteiger partial charge < -0.3 is 9.88 Å².